The van der Waals surface area contributed by atoms with Crippen LogP contribution >= 0.6 is 0 Å². The van der Waals surface area contributed by atoms with Crippen LogP contribution in [0.25, 0.3) is 0 Å². The van der Waals surface area contributed by atoms with E-state index in [1.54, 1.807) is 0 Å². The highest BCUT2D eigenvalue weighted by Gasteiger charge is 2.23. The fourth-order valence-electron chi connectivity index (χ4n) is 4.51. The first-order chi connectivity index (χ1) is 13.8. The molecule has 1 aromatic rings. The molecular weight excluding hydrogens is 354 g/mol. The Hall–Kier alpha value is -1.73. The van der Waals surface area contributed by atoms with Crippen LogP contribution in [0.4, 0.5) is 5.95 Å². The fraction of sp³-hybridized carbons (Fsp3) is 0.762. The lowest BCUT2D eigenvalue weighted by atomic mass is 9.93. The highest BCUT2D eigenvalue weighted by Crippen LogP contribution is 2.23. The van der Waals surface area contributed by atoms with Gasteiger partial charge in [-0.25, -0.2) is 9.97 Å². The van der Waals surface area contributed by atoms with Crippen LogP contribution in [0.3, 0.4) is 0 Å². The second-order valence-corrected chi connectivity index (χ2v) is 8.42. The zero-order chi connectivity index (χ0) is 19.2. The Kier molecular flexibility index (Phi) is 6.75. The predicted molar refractivity (Wildman–Crippen MR) is 108 cm³/mol. The molecule has 4 rings (SSSR count). The number of nitrogens with one attached hydrogen (secondary N) is 1. The summed E-state index contributed by atoms with van der Waals surface area (Å²) >= 11 is 0. The minimum absolute atomic E-state index is 0.299. The highest BCUT2D eigenvalue weighted by atomic mass is 16.5. The molecule has 154 valence electrons. The molecule has 3 fully saturated rings. The number of hydrogen-bond donors (Lipinski definition) is 1. The van der Waals surface area contributed by atoms with E-state index in [1.165, 1.54) is 18.4 Å². The van der Waals surface area contributed by atoms with E-state index in [4.69, 9.17) is 4.74 Å². The van der Waals surface area contributed by atoms with Gasteiger partial charge in [-0.05, 0) is 57.5 Å². The number of hydrogen-bond acceptors (Lipinski definition) is 6. The summed E-state index contributed by atoms with van der Waals surface area (Å²) in [6.45, 7) is 6.75. The Morgan fingerprint density at radius 2 is 1.93 bits per heavy atom. The van der Waals surface area contributed by atoms with Gasteiger partial charge in [0.05, 0.1) is 6.10 Å². The molecule has 3 aliphatic heterocycles. The van der Waals surface area contributed by atoms with Gasteiger partial charge in [0, 0.05) is 57.2 Å². The van der Waals surface area contributed by atoms with Gasteiger partial charge in [-0.1, -0.05) is 0 Å². The van der Waals surface area contributed by atoms with Crippen LogP contribution in [0.1, 0.15) is 50.5 Å². The normalized spacial score (nSPS) is 24.2. The highest BCUT2D eigenvalue weighted by molar-refractivity contribution is 5.77. The van der Waals surface area contributed by atoms with Gasteiger partial charge in [-0.2, -0.15) is 0 Å². The van der Waals surface area contributed by atoms with E-state index >= 15 is 0 Å². The van der Waals surface area contributed by atoms with E-state index in [-0.39, 0.29) is 0 Å². The maximum absolute atomic E-state index is 11.7. The minimum Gasteiger partial charge on any atom is -0.376 e. The van der Waals surface area contributed by atoms with Crippen LogP contribution in [0, 0.1) is 5.92 Å². The van der Waals surface area contributed by atoms with Gasteiger partial charge >= 0.3 is 0 Å². The lowest BCUT2D eigenvalue weighted by Crippen LogP contribution is -2.35. The number of anilines is 1. The zero-order valence-corrected chi connectivity index (χ0v) is 16.8. The van der Waals surface area contributed by atoms with Crippen LogP contribution in [0.15, 0.2) is 12.4 Å². The molecule has 7 heteroatoms. The van der Waals surface area contributed by atoms with E-state index in [9.17, 15) is 4.79 Å². The fourth-order valence-corrected chi connectivity index (χ4v) is 4.51. The molecule has 1 atom stereocenters. The van der Waals surface area contributed by atoms with E-state index in [2.05, 4.69) is 25.1 Å². The van der Waals surface area contributed by atoms with Gasteiger partial charge in [-0.3, -0.25) is 9.69 Å². The van der Waals surface area contributed by atoms with Gasteiger partial charge < -0.3 is 15.0 Å². The Labute approximate surface area is 167 Å². The Balaban J connectivity index is 1.14. The summed E-state index contributed by atoms with van der Waals surface area (Å²) in [7, 11) is 0. The third-order valence-electron chi connectivity index (χ3n) is 6.31. The van der Waals surface area contributed by atoms with Gasteiger partial charge in [0.1, 0.15) is 0 Å². The number of carbonyl (C=O) groups is 1. The van der Waals surface area contributed by atoms with Crippen molar-refractivity contribution in [2.75, 3.05) is 44.6 Å². The number of ether oxygens (including phenoxy) is 1. The van der Waals surface area contributed by atoms with Crippen molar-refractivity contribution in [3.8, 4) is 0 Å². The quantitative estimate of drug-likeness (QED) is 0.738. The van der Waals surface area contributed by atoms with Crippen LogP contribution in [0.2, 0.25) is 0 Å². The van der Waals surface area contributed by atoms with Crippen molar-refractivity contribution >= 4 is 11.9 Å². The molecule has 3 saturated heterocycles. The van der Waals surface area contributed by atoms with Gasteiger partial charge in [-0.15, -0.1) is 0 Å². The van der Waals surface area contributed by atoms with Crippen molar-refractivity contribution in [1.82, 2.24) is 19.8 Å². The molecule has 7 nitrogen and oxygen atoms in total. The number of aromatic nitrogens is 2. The first kappa shape index (κ1) is 19.6. The molecule has 0 bridgehead atoms. The predicted octanol–water partition coefficient (Wildman–Crippen LogP) is 2.29. The maximum atomic E-state index is 11.7. The SMILES string of the molecule is O=C1CCCN1CCC1CCN(Cc2cnc(NC[C@@H]3CCCO3)nc2)CC1. The molecular formula is C21H33N5O2. The molecule has 0 saturated carbocycles. The Bertz CT molecular complexity index is 624. The third-order valence-corrected chi connectivity index (χ3v) is 6.31. The molecule has 0 aromatic carbocycles. The molecule has 0 radical (unpaired) electrons. The van der Waals surface area contributed by atoms with E-state index in [0.717, 1.165) is 83.9 Å². The average Bonchev–Trinajstić information content (AvgIpc) is 3.39. The summed E-state index contributed by atoms with van der Waals surface area (Å²) in [5.74, 6) is 1.80. The van der Waals surface area contributed by atoms with Crippen molar-refractivity contribution in [1.29, 1.82) is 0 Å². The number of likely N-dealkylation sites (tertiary alicyclic amines) is 2. The van der Waals surface area contributed by atoms with Crippen molar-refractivity contribution in [2.24, 2.45) is 5.92 Å². The Morgan fingerprint density at radius 1 is 1.11 bits per heavy atom. The topological polar surface area (TPSA) is 70.6 Å². The summed E-state index contributed by atoms with van der Waals surface area (Å²) in [6.07, 6.45) is 11.9. The molecule has 3 aliphatic rings. The van der Waals surface area contributed by atoms with Gasteiger partial charge in [0.25, 0.3) is 0 Å². The van der Waals surface area contributed by atoms with E-state index < -0.39 is 0 Å². The van der Waals surface area contributed by atoms with Crippen LogP contribution in [-0.2, 0) is 16.1 Å². The first-order valence-corrected chi connectivity index (χ1v) is 10.9. The monoisotopic (exact) mass is 387 g/mol. The summed E-state index contributed by atoms with van der Waals surface area (Å²) < 4.78 is 5.61. The minimum atomic E-state index is 0.299. The van der Waals surface area contributed by atoms with Gasteiger partial charge in [0.15, 0.2) is 0 Å². The standard InChI is InChI=1S/C21H33N5O2/c27-20-4-1-8-26(20)11-7-17-5-9-25(10-6-17)16-18-13-22-21(23-14-18)24-15-19-3-2-12-28-19/h13-14,17,19H,1-12,15-16H2,(H,22,23,24)/t19-/m0/s1. The summed E-state index contributed by atoms with van der Waals surface area (Å²) in [5.41, 5.74) is 1.17. The zero-order valence-electron chi connectivity index (χ0n) is 16.8. The van der Waals surface area contributed by atoms with E-state index in [0.29, 0.717) is 18.0 Å². The number of amides is 1. The van der Waals surface area contributed by atoms with Crippen molar-refractivity contribution in [3.63, 3.8) is 0 Å². The Morgan fingerprint density at radius 3 is 2.61 bits per heavy atom. The average molecular weight is 388 g/mol. The molecule has 0 aliphatic carbocycles. The number of piperidine rings is 1. The molecule has 1 N–H and O–H groups in total. The number of rotatable bonds is 8. The molecule has 0 spiro atoms. The lowest BCUT2D eigenvalue weighted by Gasteiger charge is -2.32. The molecule has 28 heavy (non-hydrogen) atoms. The molecule has 1 aromatic heterocycles. The molecule has 0 unspecified atom stereocenters. The second kappa shape index (κ2) is 9.65. The molecule has 1 amide bonds. The number of carbonyl (C=O) groups excluding carboxylic acids is 1. The summed E-state index contributed by atoms with van der Waals surface area (Å²) in [6, 6.07) is 0. The summed E-state index contributed by atoms with van der Waals surface area (Å²) in [4.78, 5) is 25.2. The second-order valence-electron chi connectivity index (χ2n) is 8.42. The van der Waals surface area contributed by atoms with Crippen LogP contribution in [0.5, 0.6) is 0 Å². The largest absolute Gasteiger partial charge is 0.376 e. The van der Waals surface area contributed by atoms with Crippen molar-refractivity contribution < 1.29 is 9.53 Å². The van der Waals surface area contributed by atoms with E-state index in [1.807, 2.05) is 12.4 Å². The summed E-state index contributed by atoms with van der Waals surface area (Å²) in [5, 5.41) is 3.27. The third kappa shape index (κ3) is 5.41. The van der Waals surface area contributed by atoms with Gasteiger partial charge in [0.2, 0.25) is 11.9 Å². The van der Waals surface area contributed by atoms with Crippen molar-refractivity contribution in [2.45, 2.75) is 57.6 Å². The lowest BCUT2D eigenvalue weighted by molar-refractivity contribution is -0.127. The maximum Gasteiger partial charge on any atom is 0.222 e. The first-order valence-electron chi connectivity index (χ1n) is 10.9. The van der Waals surface area contributed by atoms with Crippen molar-refractivity contribution in [3.05, 3.63) is 18.0 Å². The number of nitrogens with zero attached hydrogens (tertiary/aromatic N) is 4. The van der Waals surface area contributed by atoms with Crippen LogP contribution < -0.4 is 5.32 Å². The molecule has 4 heterocycles. The van der Waals surface area contributed by atoms with Crippen LogP contribution in [-0.4, -0.2) is 71.1 Å². The smallest absolute Gasteiger partial charge is 0.222 e.